The normalized spacial score (nSPS) is 17.4. The van der Waals surface area contributed by atoms with Crippen molar-refractivity contribution in [1.29, 1.82) is 0 Å². The first-order chi connectivity index (χ1) is 13.1. The van der Waals surface area contributed by atoms with Gasteiger partial charge in [-0.2, -0.15) is 0 Å². The number of carbonyl (C=O) groups excluding carboxylic acids is 1. The number of likely N-dealkylation sites (tertiary alicyclic amines) is 1. The average molecular weight is 391 g/mol. The Morgan fingerprint density at radius 2 is 1.81 bits per heavy atom. The third kappa shape index (κ3) is 3.36. The minimum atomic E-state index is -0.581. The number of hydrogen-bond donors (Lipinski definition) is 0. The largest absolute Gasteiger partial charge is 0.468 e. The molecule has 7 nitrogen and oxygen atoms in total. The summed E-state index contributed by atoms with van der Waals surface area (Å²) in [6, 6.07) is 0. The minimum absolute atomic E-state index is 0.335. The molecule has 0 spiro atoms. The minimum Gasteiger partial charge on any atom is -0.468 e. The van der Waals surface area contributed by atoms with Crippen LogP contribution >= 0.6 is 11.3 Å². The zero-order valence-electron chi connectivity index (χ0n) is 15.7. The summed E-state index contributed by atoms with van der Waals surface area (Å²) < 4.78 is 7.45. The lowest BCUT2D eigenvalue weighted by Crippen LogP contribution is -2.43. The van der Waals surface area contributed by atoms with E-state index >= 15 is 0 Å². The van der Waals surface area contributed by atoms with Gasteiger partial charge in [-0.25, -0.2) is 9.36 Å². The first-order valence-electron chi connectivity index (χ1n) is 9.67. The van der Waals surface area contributed by atoms with Crippen LogP contribution in [0, 0.1) is 0 Å². The van der Waals surface area contributed by atoms with E-state index < -0.39 is 11.7 Å². The van der Waals surface area contributed by atoms with E-state index in [0.717, 1.165) is 53.9 Å². The molecule has 1 aliphatic carbocycles. The van der Waals surface area contributed by atoms with Gasteiger partial charge in [-0.05, 0) is 50.8 Å². The van der Waals surface area contributed by atoms with Crippen molar-refractivity contribution in [3.8, 4) is 0 Å². The third-order valence-electron chi connectivity index (χ3n) is 5.67. The number of thiophene rings is 1. The molecule has 0 bridgehead atoms. The Hall–Kier alpha value is -1.93. The molecule has 1 saturated heterocycles. The maximum Gasteiger partial charge on any atom is 0.332 e. The second-order valence-corrected chi connectivity index (χ2v) is 8.43. The first kappa shape index (κ1) is 18.4. The van der Waals surface area contributed by atoms with E-state index in [1.807, 2.05) is 0 Å². The number of piperidine rings is 1. The molecule has 2 aromatic rings. The molecule has 2 aromatic heterocycles. The fourth-order valence-electron chi connectivity index (χ4n) is 4.21. The second-order valence-electron chi connectivity index (χ2n) is 7.34. The van der Waals surface area contributed by atoms with E-state index in [0.29, 0.717) is 11.9 Å². The molecule has 0 amide bonds. The number of carbonyl (C=O) groups is 1. The van der Waals surface area contributed by atoms with Gasteiger partial charge < -0.3 is 9.64 Å². The van der Waals surface area contributed by atoms with Crippen molar-refractivity contribution in [3.05, 3.63) is 31.3 Å². The molecule has 146 valence electrons. The van der Waals surface area contributed by atoms with E-state index in [1.165, 1.54) is 31.2 Å². The van der Waals surface area contributed by atoms with Crippen molar-refractivity contribution >= 4 is 27.5 Å². The molecule has 0 radical (unpaired) electrons. The summed E-state index contributed by atoms with van der Waals surface area (Å²) in [7, 11) is 1.27. The van der Waals surface area contributed by atoms with Gasteiger partial charge in [-0.3, -0.25) is 14.2 Å². The van der Waals surface area contributed by atoms with Crippen LogP contribution in [-0.4, -0.2) is 46.7 Å². The van der Waals surface area contributed by atoms with Gasteiger partial charge in [0.25, 0.3) is 5.56 Å². The number of aromatic nitrogens is 2. The molecule has 8 heteroatoms. The van der Waals surface area contributed by atoms with E-state index in [9.17, 15) is 14.4 Å². The highest BCUT2D eigenvalue weighted by atomic mass is 32.1. The maximum absolute atomic E-state index is 13.1. The van der Waals surface area contributed by atoms with E-state index in [1.54, 1.807) is 15.9 Å². The Morgan fingerprint density at radius 1 is 1.04 bits per heavy atom. The Balaban J connectivity index is 1.79. The number of fused-ring (bicyclic) bond motifs is 3. The number of esters is 1. The van der Waals surface area contributed by atoms with E-state index in [2.05, 4.69) is 4.90 Å². The molecule has 4 rings (SSSR count). The monoisotopic (exact) mass is 391 g/mol. The van der Waals surface area contributed by atoms with Crippen LogP contribution < -0.4 is 11.2 Å². The lowest BCUT2D eigenvalue weighted by atomic mass is 10.1. The van der Waals surface area contributed by atoms with Crippen LogP contribution in [0.5, 0.6) is 0 Å². The van der Waals surface area contributed by atoms with Crippen LogP contribution in [0.3, 0.4) is 0 Å². The predicted octanol–water partition coefficient (Wildman–Crippen LogP) is 1.37. The predicted molar refractivity (Wildman–Crippen MR) is 105 cm³/mol. The standard InChI is InChI=1S/C19H25N3O4S/c1-26-15(23)12-22-17(24)16-13-6-5-7-14(13)27-18(16)21(19(22)25)11-10-20-8-3-2-4-9-20/h2-12H2,1H3. The molecule has 3 heterocycles. The van der Waals surface area contributed by atoms with Gasteiger partial charge in [0.2, 0.25) is 0 Å². The van der Waals surface area contributed by atoms with E-state index in [-0.39, 0.29) is 12.1 Å². The molecule has 0 saturated carbocycles. The van der Waals surface area contributed by atoms with Crippen molar-refractivity contribution in [2.24, 2.45) is 0 Å². The van der Waals surface area contributed by atoms with Crippen LogP contribution in [0.25, 0.3) is 10.2 Å². The van der Waals surface area contributed by atoms with Gasteiger partial charge in [0.05, 0.1) is 12.5 Å². The number of ether oxygens (including phenoxy) is 1. The SMILES string of the molecule is COC(=O)Cn1c(=O)c2c3c(sc2n(CCN2CCCCC2)c1=O)CCC3. The quantitative estimate of drug-likeness (QED) is 0.720. The molecule has 1 aliphatic heterocycles. The molecule has 0 unspecified atom stereocenters. The van der Waals surface area contributed by atoms with Crippen molar-refractivity contribution < 1.29 is 9.53 Å². The zero-order chi connectivity index (χ0) is 19.0. The van der Waals surface area contributed by atoms with Crippen LogP contribution in [0.1, 0.15) is 36.1 Å². The van der Waals surface area contributed by atoms with Crippen LogP contribution in [0.4, 0.5) is 0 Å². The topological polar surface area (TPSA) is 73.5 Å². The molecule has 0 N–H and O–H groups in total. The molecule has 0 atom stereocenters. The number of hydrogen-bond acceptors (Lipinski definition) is 6. The fraction of sp³-hybridized carbons (Fsp3) is 0.632. The average Bonchev–Trinajstić information content (AvgIpc) is 3.27. The Morgan fingerprint density at radius 3 is 2.56 bits per heavy atom. The summed E-state index contributed by atoms with van der Waals surface area (Å²) in [5.41, 5.74) is 0.314. The first-order valence-corrected chi connectivity index (χ1v) is 10.5. The van der Waals surface area contributed by atoms with Crippen LogP contribution in [-0.2, 0) is 35.5 Å². The third-order valence-corrected chi connectivity index (χ3v) is 6.99. The molecule has 2 aliphatic rings. The lowest BCUT2D eigenvalue weighted by molar-refractivity contribution is -0.141. The van der Waals surface area contributed by atoms with Gasteiger partial charge in [-0.1, -0.05) is 6.42 Å². The van der Waals surface area contributed by atoms with Gasteiger partial charge in [0.1, 0.15) is 11.4 Å². The number of methoxy groups -OCH3 is 1. The second kappa shape index (κ2) is 7.59. The molecule has 1 fully saturated rings. The lowest BCUT2D eigenvalue weighted by Gasteiger charge is -2.26. The summed E-state index contributed by atoms with van der Waals surface area (Å²) in [4.78, 5) is 42.2. The summed E-state index contributed by atoms with van der Waals surface area (Å²) in [6.07, 6.45) is 6.53. The Bertz CT molecular complexity index is 981. The van der Waals surface area contributed by atoms with Crippen LogP contribution in [0.15, 0.2) is 9.59 Å². The Kier molecular flexibility index (Phi) is 5.19. The summed E-state index contributed by atoms with van der Waals surface area (Å²) >= 11 is 1.58. The van der Waals surface area contributed by atoms with E-state index in [4.69, 9.17) is 4.74 Å². The number of rotatable bonds is 5. The Labute approximate surface area is 161 Å². The highest BCUT2D eigenvalue weighted by Gasteiger charge is 2.25. The van der Waals surface area contributed by atoms with Gasteiger partial charge >= 0.3 is 11.7 Å². The van der Waals surface area contributed by atoms with Gasteiger partial charge in [0, 0.05) is 18.0 Å². The molecule has 0 aromatic carbocycles. The highest BCUT2D eigenvalue weighted by molar-refractivity contribution is 7.18. The van der Waals surface area contributed by atoms with Crippen molar-refractivity contribution in [3.63, 3.8) is 0 Å². The molecule has 27 heavy (non-hydrogen) atoms. The highest BCUT2D eigenvalue weighted by Crippen LogP contribution is 2.35. The maximum atomic E-state index is 13.1. The van der Waals surface area contributed by atoms with Crippen molar-refractivity contribution in [2.45, 2.75) is 51.6 Å². The smallest absolute Gasteiger partial charge is 0.332 e. The number of nitrogens with zero attached hydrogens (tertiary/aromatic N) is 3. The summed E-state index contributed by atoms with van der Waals surface area (Å²) in [5, 5.41) is 0.634. The zero-order valence-corrected chi connectivity index (χ0v) is 16.5. The van der Waals surface area contributed by atoms with Gasteiger partial charge in [-0.15, -0.1) is 11.3 Å². The summed E-state index contributed by atoms with van der Waals surface area (Å²) in [6.45, 7) is 3.10. The number of aryl methyl sites for hydroxylation is 2. The molecular formula is C19H25N3O4S. The van der Waals surface area contributed by atoms with Gasteiger partial charge in [0.15, 0.2) is 0 Å². The van der Waals surface area contributed by atoms with Crippen LogP contribution in [0.2, 0.25) is 0 Å². The molecular weight excluding hydrogens is 366 g/mol. The van der Waals surface area contributed by atoms with Crippen molar-refractivity contribution in [2.75, 3.05) is 26.7 Å². The fourth-order valence-corrected chi connectivity index (χ4v) is 5.61. The van der Waals surface area contributed by atoms with Crippen molar-refractivity contribution in [1.82, 2.24) is 14.0 Å². The summed E-state index contributed by atoms with van der Waals surface area (Å²) in [5.74, 6) is -0.581.